The van der Waals surface area contributed by atoms with Crippen LogP contribution in [0.1, 0.15) is 5.56 Å². The van der Waals surface area contributed by atoms with Crippen LogP contribution in [0.2, 0.25) is 0 Å². The molecule has 2 aromatic rings. The molecule has 1 aliphatic heterocycles. The molecule has 0 aromatic heterocycles. The maximum absolute atomic E-state index is 11.3. The molecule has 1 heterocycles. The number of nitrogens with two attached hydrogens (primary N) is 1. The molecule has 2 aliphatic rings. The maximum Gasteiger partial charge on any atom is 0.248 e. The minimum Gasteiger partial charge on any atom is -0.366 e. The van der Waals surface area contributed by atoms with Gasteiger partial charge in [0.05, 0.1) is 11.0 Å². The molecule has 2 aromatic carbocycles. The van der Waals surface area contributed by atoms with Gasteiger partial charge in [0.15, 0.2) is 0 Å². The first kappa shape index (κ1) is 11.2. The van der Waals surface area contributed by atoms with Crippen molar-refractivity contribution in [3.05, 3.63) is 74.6 Å². The third-order valence-electron chi connectivity index (χ3n) is 3.87. The number of rotatable bonds is 1. The molecule has 0 spiro atoms. The van der Waals surface area contributed by atoms with E-state index in [4.69, 9.17) is 10.7 Å². The number of carbonyl (C=O) groups excluding carboxylic acids is 1. The monoisotopic (exact) mass is 260 g/mol. The normalized spacial score (nSPS) is 14.3. The van der Waals surface area contributed by atoms with Gasteiger partial charge >= 0.3 is 0 Å². The molecule has 0 saturated carbocycles. The van der Waals surface area contributed by atoms with Crippen LogP contribution in [0.5, 0.6) is 0 Å². The number of benzene rings is 2. The third kappa shape index (κ3) is 1.46. The van der Waals surface area contributed by atoms with Crippen LogP contribution in [0.25, 0.3) is 6.08 Å². The van der Waals surface area contributed by atoms with Gasteiger partial charge in [-0.15, -0.1) is 0 Å². The number of hydrogen-bond donors (Lipinski definition) is 1. The van der Waals surface area contributed by atoms with Crippen LogP contribution < -0.4 is 16.3 Å². The number of fused-ring (bicyclic) bond motifs is 4. The van der Waals surface area contributed by atoms with Crippen molar-refractivity contribution < 1.29 is 4.79 Å². The number of carbonyl (C=O) groups is 1. The van der Waals surface area contributed by atoms with E-state index in [1.54, 1.807) is 0 Å². The Morgan fingerprint density at radius 3 is 2.80 bits per heavy atom. The van der Waals surface area contributed by atoms with Crippen LogP contribution in [0, 0.1) is 10.4 Å². The summed E-state index contributed by atoms with van der Waals surface area (Å²) in [5.41, 5.74) is 8.12. The summed E-state index contributed by atoms with van der Waals surface area (Å²) < 4.78 is 0. The van der Waals surface area contributed by atoms with Crippen LogP contribution in [-0.4, -0.2) is 5.91 Å². The standard InChI is InChI=1S/C17H12N2O/c18-17(20)11-6-7-12-10(9-11)5-8-14-13-3-1-2-4-15(13)19-16(12)14/h1-6,8-9H,7H2,(H2,18,20). The molecule has 2 N–H and O–H groups in total. The average molecular weight is 260 g/mol. The van der Waals surface area contributed by atoms with Crippen molar-refractivity contribution in [3.63, 3.8) is 0 Å². The van der Waals surface area contributed by atoms with Crippen molar-refractivity contribution in [1.82, 2.24) is 0 Å². The Labute approximate surface area is 115 Å². The predicted octanol–water partition coefficient (Wildman–Crippen LogP) is 0.987. The van der Waals surface area contributed by atoms with E-state index in [1.165, 1.54) is 16.0 Å². The summed E-state index contributed by atoms with van der Waals surface area (Å²) in [7, 11) is 0. The quantitative estimate of drug-likeness (QED) is 0.697. The second-order valence-corrected chi connectivity index (χ2v) is 5.03. The first-order valence-electron chi connectivity index (χ1n) is 6.56. The summed E-state index contributed by atoms with van der Waals surface area (Å²) in [6.07, 6.45) is 4.42. The van der Waals surface area contributed by atoms with Crippen molar-refractivity contribution in [2.75, 3.05) is 0 Å². The highest BCUT2D eigenvalue weighted by molar-refractivity contribution is 6.01. The maximum atomic E-state index is 11.3. The fourth-order valence-corrected chi connectivity index (χ4v) is 2.88. The lowest BCUT2D eigenvalue weighted by Crippen LogP contribution is -2.20. The zero-order valence-electron chi connectivity index (χ0n) is 10.8. The van der Waals surface area contributed by atoms with Gasteiger partial charge in [0.1, 0.15) is 0 Å². The predicted molar refractivity (Wildman–Crippen MR) is 76.4 cm³/mol. The lowest BCUT2D eigenvalue weighted by atomic mass is 9.97. The van der Waals surface area contributed by atoms with E-state index in [0.717, 1.165) is 16.3 Å². The average Bonchev–Trinajstić information content (AvgIpc) is 2.85. The van der Waals surface area contributed by atoms with E-state index < -0.39 is 0 Å². The highest BCUT2D eigenvalue weighted by atomic mass is 16.1. The molecule has 0 atom stereocenters. The fraction of sp³-hybridized carbons (Fsp3) is 0.0588. The van der Waals surface area contributed by atoms with Crippen molar-refractivity contribution in [1.29, 1.82) is 0 Å². The Balaban J connectivity index is 2.08. The Bertz CT molecular complexity index is 1000. The van der Waals surface area contributed by atoms with E-state index in [0.29, 0.717) is 12.0 Å². The zero-order valence-corrected chi connectivity index (χ0v) is 10.8. The second kappa shape index (κ2) is 3.90. The Morgan fingerprint density at radius 2 is 1.95 bits per heavy atom. The molecular formula is C17H12N2O. The Morgan fingerprint density at radius 1 is 1.10 bits per heavy atom. The van der Waals surface area contributed by atoms with Crippen LogP contribution in [0.15, 0.2) is 53.0 Å². The van der Waals surface area contributed by atoms with Crippen molar-refractivity contribution in [2.45, 2.75) is 6.42 Å². The molecule has 0 bridgehead atoms. The minimum atomic E-state index is -0.378. The summed E-state index contributed by atoms with van der Waals surface area (Å²) in [5, 5.41) is 4.40. The highest BCUT2D eigenvalue weighted by Gasteiger charge is 2.14. The smallest absolute Gasteiger partial charge is 0.248 e. The molecule has 3 nitrogen and oxygen atoms in total. The summed E-state index contributed by atoms with van der Waals surface area (Å²) in [5.74, 6) is -0.378. The number of hydrogen-bond acceptors (Lipinski definition) is 2. The van der Waals surface area contributed by atoms with Gasteiger partial charge in [-0.1, -0.05) is 36.4 Å². The second-order valence-electron chi connectivity index (χ2n) is 5.03. The molecule has 20 heavy (non-hydrogen) atoms. The number of nitrogens with zero attached hydrogens (tertiary/aromatic N) is 1. The Hall–Kier alpha value is -2.68. The summed E-state index contributed by atoms with van der Waals surface area (Å²) in [6, 6.07) is 12.3. The molecule has 0 unspecified atom stereocenters. The number of primary amides is 1. The SMILES string of the molecule is NC(=O)C1=CCc2c3c(ccc2=C1)=c1ccccc1=N3. The van der Waals surface area contributed by atoms with E-state index in [-0.39, 0.29) is 5.91 Å². The highest BCUT2D eigenvalue weighted by Crippen LogP contribution is 2.23. The summed E-state index contributed by atoms with van der Waals surface area (Å²) >= 11 is 0. The molecule has 4 rings (SSSR count). The van der Waals surface area contributed by atoms with Crippen LogP contribution >= 0.6 is 0 Å². The van der Waals surface area contributed by atoms with E-state index in [1.807, 2.05) is 36.4 Å². The minimum absolute atomic E-state index is 0.378. The summed E-state index contributed by atoms with van der Waals surface area (Å²) in [4.78, 5) is 16.0. The summed E-state index contributed by atoms with van der Waals surface area (Å²) in [6.45, 7) is 0. The molecule has 3 heteroatoms. The van der Waals surface area contributed by atoms with E-state index >= 15 is 0 Å². The van der Waals surface area contributed by atoms with Gasteiger partial charge in [0.2, 0.25) is 5.91 Å². The van der Waals surface area contributed by atoms with E-state index in [9.17, 15) is 4.79 Å². The molecular weight excluding hydrogens is 248 g/mol. The zero-order chi connectivity index (χ0) is 13.7. The first-order valence-corrected chi connectivity index (χ1v) is 6.56. The molecule has 1 aliphatic carbocycles. The molecule has 0 fully saturated rings. The van der Waals surface area contributed by atoms with Crippen molar-refractivity contribution >= 4 is 17.7 Å². The molecule has 0 radical (unpaired) electrons. The van der Waals surface area contributed by atoms with Gasteiger partial charge in [0.25, 0.3) is 0 Å². The fourth-order valence-electron chi connectivity index (χ4n) is 2.88. The lowest BCUT2D eigenvalue weighted by molar-refractivity contribution is -0.114. The van der Waals surface area contributed by atoms with E-state index in [2.05, 4.69) is 12.1 Å². The lowest BCUT2D eigenvalue weighted by Gasteiger charge is -2.09. The van der Waals surface area contributed by atoms with Crippen molar-refractivity contribution in [3.8, 4) is 0 Å². The van der Waals surface area contributed by atoms with Crippen molar-refractivity contribution in [2.24, 2.45) is 10.7 Å². The van der Waals surface area contributed by atoms with Gasteiger partial charge in [-0.3, -0.25) is 4.79 Å². The largest absolute Gasteiger partial charge is 0.366 e. The number of allylic oxidation sites excluding steroid dienone is 1. The molecule has 0 saturated heterocycles. The third-order valence-corrected chi connectivity index (χ3v) is 3.87. The van der Waals surface area contributed by atoms with Gasteiger partial charge in [-0.05, 0) is 29.3 Å². The van der Waals surface area contributed by atoms with Crippen LogP contribution in [0.4, 0.5) is 5.69 Å². The van der Waals surface area contributed by atoms with Gasteiger partial charge in [0, 0.05) is 16.0 Å². The van der Waals surface area contributed by atoms with Gasteiger partial charge in [-0.25, -0.2) is 4.99 Å². The Kier molecular flexibility index (Phi) is 2.18. The first-order chi connectivity index (χ1) is 9.74. The molecule has 1 amide bonds. The van der Waals surface area contributed by atoms with Crippen LogP contribution in [0.3, 0.4) is 0 Å². The molecule has 96 valence electrons. The number of para-hydroxylation sites is 1. The topological polar surface area (TPSA) is 55.5 Å². The van der Waals surface area contributed by atoms with Crippen LogP contribution in [-0.2, 0) is 11.2 Å². The van der Waals surface area contributed by atoms with Gasteiger partial charge < -0.3 is 5.73 Å². The van der Waals surface area contributed by atoms with Gasteiger partial charge in [-0.2, -0.15) is 0 Å². The number of amides is 1.